The molecular formula is C31H39N7O6S. The first-order chi connectivity index (χ1) is 21.6. The van der Waals surface area contributed by atoms with Crippen LogP contribution >= 0.6 is 0 Å². The van der Waals surface area contributed by atoms with Gasteiger partial charge in [0.2, 0.25) is 10.0 Å². The van der Waals surface area contributed by atoms with E-state index in [1.165, 1.54) is 10.9 Å². The van der Waals surface area contributed by atoms with Crippen molar-refractivity contribution in [2.75, 3.05) is 24.2 Å². The average Bonchev–Trinajstić information content (AvgIpc) is 3.57. The molecule has 0 aliphatic carbocycles. The van der Waals surface area contributed by atoms with Gasteiger partial charge in [-0.05, 0) is 24.0 Å². The summed E-state index contributed by atoms with van der Waals surface area (Å²) in [5.74, 6) is -0.246. The Balaban J connectivity index is 1.51. The summed E-state index contributed by atoms with van der Waals surface area (Å²) in [4.78, 5) is 26.2. The molecule has 14 heteroatoms. The minimum Gasteiger partial charge on any atom is -0.387 e. The fourth-order valence-corrected chi connectivity index (χ4v) is 6.75. The van der Waals surface area contributed by atoms with E-state index < -0.39 is 40.5 Å². The van der Waals surface area contributed by atoms with Gasteiger partial charge in [-0.2, -0.15) is 0 Å². The van der Waals surface area contributed by atoms with Crippen LogP contribution in [0.3, 0.4) is 0 Å². The maximum atomic E-state index is 12.6. The van der Waals surface area contributed by atoms with Gasteiger partial charge in [0.05, 0.1) is 18.6 Å². The highest BCUT2D eigenvalue weighted by atomic mass is 32.2. The summed E-state index contributed by atoms with van der Waals surface area (Å²) in [6.07, 6.45) is -4.05. The van der Waals surface area contributed by atoms with Gasteiger partial charge in [0.15, 0.2) is 29.3 Å². The molecule has 2 aromatic heterocycles. The smallest absolute Gasteiger partial charge is 0.252 e. The second kappa shape index (κ2) is 14.0. The lowest BCUT2D eigenvalue weighted by molar-refractivity contribution is -0.137. The van der Waals surface area contributed by atoms with Crippen LogP contribution in [0.2, 0.25) is 0 Å². The third kappa shape index (κ3) is 7.48. The van der Waals surface area contributed by atoms with Crippen LogP contribution in [0.25, 0.3) is 11.2 Å². The fraction of sp³-hybridized carbons (Fsp3) is 0.419. The Bertz CT molecular complexity index is 1660. The Hall–Kier alpha value is -3.95. The number of aliphatic hydroxyl groups is 2. The van der Waals surface area contributed by atoms with Crippen LogP contribution in [-0.2, 0) is 26.1 Å². The molecule has 45 heavy (non-hydrogen) atoms. The van der Waals surface area contributed by atoms with E-state index in [4.69, 9.17) is 4.74 Å². The summed E-state index contributed by atoms with van der Waals surface area (Å²) in [6.45, 7) is 5.92. The molecule has 13 nitrogen and oxygen atoms in total. The van der Waals surface area contributed by atoms with Crippen molar-refractivity contribution in [1.29, 1.82) is 0 Å². The van der Waals surface area contributed by atoms with Crippen LogP contribution in [0.1, 0.15) is 49.9 Å². The molecule has 1 amide bonds. The van der Waals surface area contributed by atoms with Gasteiger partial charge < -0.3 is 25.6 Å². The van der Waals surface area contributed by atoms with Crippen LogP contribution in [-0.4, -0.2) is 81.2 Å². The van der Waals surface area contributed by atoms with Gasteiger partial charge in [-0.15, -0.1) is 0 Å². The van der Waals surface area contributed by atoms with E-state index in [0.717, 1.165) is 11.1 Å². The third-order valence-electron chi connectivity index (χ3n) is 7.47. The first kappa shape index (κ1) is 32.4. The zero-order chi connectivity index (χ0) is 32.1. The molecule has 1 aliphatic rings. The predicted octanol–water partition coefficient (Wildman–Crippen LogP) is 1.90. The minimum atomic E-state index is -3.61. The number of aromatic nitrogens is 4. The number of carbonyl (C=O) groups excluding carboxylic acids is 1. The average molecular weight is 638 g/mol. The quantitative estimate of drug-likeness (QED) is 0.145. The maximum absolute atomic E-state index is 12.6. The van der Waals surface area contributed by atoms with Crippen molar-refractivity contribution in [3.8, 4) is 0 Å². The maximum Gasteiger partial charge on any atom is 0.252 e. The lowest BCUT2D eigenvalue weighted by Crippen LogP contribution is -2.42. The van der Waals surface area contributed by atoms with Crippen molar-refractivity contribution < 1.29 is 28.2 Å². The Morgan fingerprint density at radius 1 is 1.00 bits per heavy atom. The number of imidazole rings is 1. The highest BCUT2D eigenvalue weighted by molar-refractivity contribution is 7.89. The summed E-state index contributed by atoms with van der Waals surface area (Å²) >= 11 is 0. The topological polar surface area (TPSA) is 181 Å². The number of hydrogen-bond acceptors (Lipinski definition) is 10. The molecule has 1 fully saturated rings. The number of likely N-dealkylation sites (N-methyl/N-ethyl adjacent to an activating group) is 1. The molecule has 5 N–H and O–H groups in total. The molecule has 2 aromatic carbocycles. The van der Waals surface area contributed by atoms with E-state index in [1.807, 2.05) is 74.5 Å². The largest absolute Gasteiger partial charge is 0.387 e. The van der Waals surface area contributed by atoms with Crippen molar-refractivity contribution in [1.82, 2.24) is 29.6 Å². The number of fused-ring (bicyclic) bond motifs is 1. The van der Waals surface area contributed by atoms with E-state index in [2.05, 4.69) is 30.3 Å². The van der Waals surface area contributed by atoms with Crippen molar-refractivity contribution in [3.05, 3.63) is 83.9 Å². The van der Waals surface area contributed by atoms with Crippen molar-refractivity contribution in [3.63, 3.8) is 0 Å². The standard InChI is InChI=1S/C31H39N7O6S/c1-4-32-30(41)27-25(39)26(40)31(44-27)38-18-34-24-28(36-23(37-29(24)38)16-35-45(42,43)17-19(2)3)33-15-22(20-11-7-5-8-12-20)21-13-9-6-10-14-21/h5-14,18-19,22,25-27,31,35,39-40H,4,15-17H2,1-3H3,(H,32,41)(H,33,36,37)/t25-,26+,27-,31+/m0/s1. The van der Waals surface area contributed by atoms with E-state index >= 15 is 0 Å². The molecule has 4 atom stereocenters. The van der Waals surface area contributed by atoms with Crippen LogP contribution in [0.5, 0.6) is 0 Å². The molecule has 4 aromatic rings. The highest BCUT2D eigenvalue weighted by Crippen LogP contribution is 2.33. The number of sulfonamides is 1. The number of aliphatic hydroxyl groups excluding tert-OH is 2. The van der Waals surface area contributed by atoms with Gasteiger partial charge in [0, 0.05) is 19.0 Å². The number of carbonyl (C=O) groups is 1. The number of amides is 1. The number of benzene rings is 2. The zero-order valence-corrected chi connectivity index (χ0v) is 26.2. The highest BCUT2D eigenvalue weighted by Gasteiger charge is 2.47. The summed E-state index contributed by atoms with van der Waals surface area (Å²) in [5.41, 5.74) is 2.74. The molecule has 0 radical (unpaired) electrons. The second-order valence-electron chi connectivity index (χ2n) is 11.4. The SMILES string of the molecule is CCNC(=O)[C@H]1O[C@@H](n2cnc3c(NCC(c4ccccc4)c4ccccc4)nc(CNS(=O)(=O)CC(C)C)nc32)[C@H](O)[C@@H]1O. The number of rotatable bonds is 13. The van der Waals surface area contributed by atoms with Gasteiger partial charge in [-0.25, -0.2) is 28.1 Å². The normalized spacial score (nSPS) is 20.2. The Labute approximate surface area is 262 Å². The fourth-order valence-electron chi connectivity index (χ4n) is 5.40. The van der Waals surface area contributed by atoms with Crippen molar-refractivity contribution in [2.24, 2.45) is 5.92 Å². The van der Waals surface area contributed by atoms with Gasteiger partial charge in [0.25, 0.3) is 5.91 Å². The molecule has 0 saturated carbocycles. The van der Waals surface area contributed by atoms with Crippen LogP contribution in [0, 0.1) is 5.92 Å². The van der Waals surface area contributed by atoms with Crippen molar-refractivity contribution in [2.45, 2.75) is 57.8 Å². The summed E-state index contributed by atoms with van der Waals surface area (Å²) in [7, 11) is -3.61. The molecule has 5 rings (SSSR count). The molecule has 240 valence electrons. The third-order valence-corrected chi connectivity index (χ3v) is 9.16. The lowest BCUT2D eigenvalue weighted by Gasteiger charge is -2.20. The predicted molar refractivity (Wildman–Crippen MR) is 169 cm³/mol. The van der Waals surface area contributed by atoms with Crippen LogP contribution < -0.4 is 15.4 Å². The first-order valence-electron chi connectivity index (χ1n) is 14.9. The lowest BCUT2D eigenvalue weighted by atomic mass is 9.91. The summed E-state index contributed by atoms with van der Waals surface area (Å²) in [6, 6.07) is 20.0. The number of ether oxygens (including phenoxy) is 1. The Kier molecular flexibility index (Phi) is 10.1. The minimum absolute atomic E-state index is 0.0551. The first-order valence-corrected chi connectivity index (χ1v) is 16.6. The van der Waals surface area contributed by atoms with Crippen LogP contribution in [0.15, 0.2) is 67.0 Å². The Morgan fingerprint density at radius 2 is 1.64 bits per heavy atom. The molecule has 0 bridgehead atoms. The summed E-state index contributed by atoms with van der Waals surface area (Å²) in [5, 5.41) is 27.5. The second-order valence-corrected chi connectivity index (χ2v) is 13.2. The van der Waals surface area contributed by atoms with Crippen LogP contribution in [0.4, 0.5) is 5.82 Å². The van der Waals surface area contributed by atoms with Gasteiger partial charge in [0.1, 0.15) is 18.0 Å². The van der Waals surface area contributed by atoms with Crippen molar-refractivity contribution >= 4 is 32.9 Å². The molecular weight excluding hydrogens is 598 g/mol. The monoisotopic (exact) mass is 637 g/mol. The van der Waals surface area contributed by atoms with Gasteiger partial charge >= 0.3 is 0 Å². The molecule has 3 heterocycles. The number of anilines is 1. The van der Waals surface area contributed by atoms with E-state index in [1.54, 1.807) is 6.92 Å². The van der Waals surface area contributed by atoms with E-state index in [-0.39, 0.29) is 35.6 Å². The molecule has 1 saturated heterocycles. The van der Waals surface area contributed by atoms with E-state index in [9.17, 15) is 23.4 Å². The summed E-state index contributed by atoms with van der Waals surface area (Å²) < 4.78 is 35.1. The molecule has 0 spiro atoms. The number of nitrogens with one attached hydrogen (secondary N) is 3. The molecule has 1 aliphatic heterocycles. The number of hydrogen-bond donors (Lipinski definition) is 5. The number of nitrogens with zero attached hydrogens (tertiary/aromatic N) is 4. The Morgan fingerprint density at radius 3 is 2.24 bits per heavy atom. The van der Waals surface area contributed by atoms with Gasteiger partial charge in [-0.1, -0.05) is 74.5 Å². The zero-order valence-electron chi connectivity index (χ0n) is 25.4. The van der Waals surface area contributed by atoms with Gasteiger partial charge in [-0.3, -0.25) is 9.36 Å². The van der Waals surface area contributed by atoms with E-state index in [0.29, 0.717) is 24.4 Å². The molecule has 0 unspecified atom stereocenters.